The molecule has 0 aliphatic heterocycles. The monoisotopic (exact) mass is 539 g/mol. The molecule has 0 fully saturated rings. The molecule has 0 saturated heterocycles. The van der Waals surface area contributed by atoms with Crippen LogP contribution in [0.1, 0.15) is 12.5 Å². The van der Waals surface area contributed by atoms with Crippen LogP contribution < -0.4 is 4.90 Å². The van der Waals surface area contributed by atoms with Gasteiger partial charge in [0.15, 0.2) is 0 Å². The minimum atomic E-state index is 0.941. The molecule has 0 aliphatic carbocycles. The molecule has 42 heavy (non-hydrogen) atoms. The Hall–Kier alpha value is -5.34. The second kappa shape index (κ2) is 9.94. The van der Waals surface area contributed by atoms with E-state index in [4.69, 9.17) is 4.42 Å². The van der Waals surface area contributed by atoms with Crippen molar-refractivity contribution >= 4 is 60.5 Å². The van der Waals surface area contributed by atoms with Crippen LogP contribution in [-0.4, -0.2) is 0 Å². The molecule has 200 valence electrons. The van der Waals surface area contributed by atoms with E-state index < -0.39 is 0 Å². The Balaban J connectivity index is 1.43. The summed E-state index contributed by atoms with van der Waals surface area (Å²) < 4.78 is 6.56. The lowest BCUT2D eigenvalue weighted by Gasteiger charge is -2.27. The van der Waals surface area contributed by atoms with Crippen molar-refractivity contribution in [2.45, 2.75) is 13.3 Å². The maximum Gasteiger partial charge on any atom is 0.143 e. The Kier molecular flexibility index (Phi) is 5.79. The van der Waals surface area contributed by atoms with Crippen LogP contribution in [0.25, 0.3) is 54.6 Å². The number of benzene rings is 7. The molecule has 0 atom stereocenters. The molecule has 0 unspecified atom stereocenters. The molecule has 1 aromatic heterocycles. The first-order chi connectivity index (χ1) is 20.8. The van der Waals surface area contributed by atoms with Gasteiger partial charge in [0.25, 0.3) is 0 Å². The van der Waals surface area contributed by atoms with Crippen molar-refractivity contribution in [1.82, 2.24) is 0 Å². The van der Waals surface area contributed by atoms with E-state index in [-0.39, 0.29) is 0 Å². The molecule has 2 nitrogen and oxygen atoms in total. The Morgan fingerprint density at radius 1 is 0.524 bits per heavy atom. The summed E-state index contributed by atoms with van der Waals surface area (Å²) in [4.78, 5) is 2.40. The fourth-order valence-electron chi connectivity index (χ4n) is 6.36. The molecular weight excluding hydrogens is 510 g/mol. The molecule has 0 amide bonds. The summed E-state index contributed by atoms with van der Waals surface area (Å²) >= 11 is 0. The van der Waals surface area contributed by atoms with Crippen LogP contribution >= 0.6 is 0 Å². The van der Waals surface area contributed by atoms with Crippen molar-refractivity contribution in [2.24, 2.45) is 0 Å². The smallest absolute Gasteiger partial charge is 0.143 e. The number of anilines is 3. The number of hydrogen-bond donors (Lipinski definition) is 0. The van der Waals surface area contributed by atoms with Crippen LogP contribution in [-0.2, 0) is 6.42 Å². The van der Waals surface area contributed by atoms with Crippen LogP contribution in [0.15, 0.2) is 150 Å². The lowest BCUT2D eigenvalue weighted by atomic mass is 9.99. The third kappa shape index (κ3) is 3.95. The van der Waals surface area contributed by atoms with Gasteiger partial charge < -0.3 is 9.32 Å². The van der Waals surface area contributed by atoms with Crippen molar-refractivity contribution in [2.75, 3.05) is 4.90 Å². The summed E-state index contributed by atoms with van der Waals surface area (Å²) in [7, 11) is 0. The average Bonchev–Trinajstić information content (AvgIpc) is 3.45. The van der Waals surface area contributed by atoms with Crippen molar-refractivity contribution < 1.29 is 4.42 Å². The van der Waals surface area contributed by atoms with E-state index in [1.54, 1.807) is 0 Å². The first-order valence-electron chi connectivity index (χ1n) is 14.6. The fraction of sp³-hybridized carbons (Fsp3) is 0.0500. The molecule has 0 saturated carbocycles. The third-order valence-electron chi connectivity index (χ3n) is 8.41. The number of furan rings is 1. The fourth-order valence-corrected chi connectivity index (χ4v) is 6.36. The van der Waals surface area contributed by atoms with Gasteiger partial charge >= 0.3 is 0 Å². The predicted molar refractivity (Wildman–Crippen MR) is 178 cm³/mol. The highest BCUT2D eigenvalue weighted by Crippen LogP contribution is 2.45. The first-order valence-corrected chi connectivity index (χ1v) is 14.6. The van der Waals surface area contributed by atoms with Crippen LogP contribution in [0.5, 0.6) is 0 Å². The molecule has 0 radical (unpaired) electrons. The number of fused-ring (bicyclic) bond motifs is 6. The lowest BCUT2D eigenvalue weighted by Crippen LogP contribution is -2.10. The van der Waals surface area contributed by atoms with Crippen molar-refractivity contribution in [1.29, 1.82) is 0 Å². The number of hydrogen-bond acceptors (Lipinski definition) is 2. The van der Waals surface area contributed by atoms with Crippen LogP contribution in [0, 0.1) is 0 Å². The standard InChI is InChI=1S/C40H29NO/c1-2-27-15-10-18-38-39(27)36-26-37(34-16-8-9-17-35(34)40(36)42-38)41(33-24-21-29-13-6-7-14-31(29)25-33)32-22-19-30(20-23-32)28-11-4-3-5-12-28/h3-26H,2H2,1H3. The zero-order chi connectivity index (χ0) is 28.0. The van der Waals surface area contributed by atoms with Crippen molar-refractivity contribution in [3.05, 3.63) is 151 Å². The number of aryl methyl sites for hydroxylation is 1. The molecule has 0 aliphatic rings. The van der Waals surface area contributed by atoms with Crippen molar-refractivity contribution in [3.8, 4) is 11.1 Å². The number of rotatable bonds is 5. The summed E-state index contributed by atoms with van der Waals surface area (Å²) in [5, 5.41) is 7.09. The van der Waals surface area contributed by atoms with Gasteiger partial charge in [-0.2, -0.15) is 0 Å². The highest BCUT2D eigenvalue weighted by Gasteiger charge is 2.21. The minimum Gasteiger partial charge on any atom is -0.455 e. The topological polar surface area (TPSA) is 16.4 Å². The van der Waals surface area contributed by atoms with Crippen LogP contribution in [0.4, 0.5) is 17.1 Å². The number of nitrogens with zero attached hydrogens (tertiary/aromatic N) is 1. The van der Waals surface area contributed by atoms with E-state index in [9.17, 15) is 0 Å². The maximum absolute atomic E-state index is 6.56. The van der Waals surface area contributed by atoms with Gasteiger partial charge in [0.05, 0.1) is 5.69 Å². The van der Waals surface area contributed by atoms with Gasteiger partial charge in [0.2, 0.25) is 0 Å². The molecule has 0 spiro atoms. The largest absolute Gasteiger partial charge is 0.455 e. The maximum atomic E-state index is 6.56. The van der Waals surface area contributed by atoms with Gasteiger partial charge in [-0.15, -0.1) is 0 Å². The SMILES string of the molecule is CCc1cccc2oc3c4ccccc4c(N(c4ccc(-c5ccccc5)cc4)c4ccc5ccccc5c4)cc3c12. The van der Waals surface area contributed by atoms with Gasteiger partial charge in [-0.05, 0) is 70.3 Å². The van der Waals surface area contributed by atoms with E-state index in [2.05, 4.69) is 157 Å². The van der Waals surface area contributed by atoms with E-state index in [0.29, 0.717) is 0 Å². The van der Waals surface area contributed by atoms with E-state index in [1.807, 2.05) is 0 Å². The predicted octanol–water partition coefficient (Wildman–Crippen LogP) is 11.6. The summed E-state index contributed by atoms with van der Waals surface area (Å²) in [5.41, 5.74) is 8.97. The Morgan fingerprint density at radius 3 is 2.02 bits per heavy atom. The highest BCUT2D eigenvalue weighted by molar-refractivity contribution is 6.20. The average molecular weight is 540 g/mol. The van der Waals surface area contributed by atoms with E-state index in [0.717, 1.165) is 50.8 Å². The van der Waals surface area contributed by atoms with Gasteiger partial charge in [-0.1, -0.05) is 116 Å². The van der Waals surface area contributed by atoms with Gasteiger partial charge in [0.1, 0.15) is 11.2 Å². The van der Waals surface area contributed by atoms with Crippen molar-refractivity contribution in [3.63, 3.8) is 0 Å². The quantitative estimate of drug-likeness (QED) is 0.216. The lowest BCUT2D eigenvalue weighted by molar-refractivity contribution is 0.672. The zero-order valence-electron chi connectivity index (χ0n) is 23.4. The first kappa shape index (κ1) is 24.5. The molecule has 1 heterocycles. The Bertz CT molecular complexity index is 2230. The second-order valence-corrected chi connectivity index (χ2v) is 10.8. The van der Waals surface area contributed by atoms with Gasteiger partial charge in [-0.3, -0.25) is 0 Å². The Morgan fingerprint density at radius 2 is 1.21 bits per heavy atom. The molecular formula is C40H29NO. The molecule has 0 bridgehead atoms. The van der Waals surface area contributed by atoms with Crippen LogP contribution in [0.2, 0.25) is 0 Å². The summed E-state index contributed by atoms with van der Waals surface area (Å²) in [6, 6.07) is 52.2. The molecule has 7 aromatic carbocycles. The van der Waals surface area contributed by atoms with E-state index >= 15 is 0 Å². The zero-order valence-corrected chi connectivity index (χ0v) is 23.4. The molecule has 0 N–H and O–H groups in total. The summed E-state index contributed by atoms with van der Waals surface area (Å²) in [5.74, 6) is 0. The van der Waals surface area contributed by atoms with Gasteiger partial charge in [-0.25, -0.2) is 0 Å². The normalized spacial score (nSPS) is 11.5. The van der Waals surface area contributed by atoms with E-state index in [1.165, 1.54) is 32.8 Å². The molecule has 8 aromatic rings. The van der Waals surface area contributed by atoms with Gasteiger partial charge in [0, 0.05) is 32.9 Å². The highest BCUT2D eigenvalue weighted by atomic mass is 16.3. The molecule has 8 rings (SSSR count). The second-order valence-electron chi connectivity index (χ2n) is 10.8. The Labute approximate surface area is 245 Å². The summed E-state index contributed by atoms with van der Waals surface area (Å²) in [6.45, 7) is 2.21. The summed E-state index contributed by atoms with van der Waals surface area (Å²) in [6.07, 6.45) is 0.948. The molecule has 2 heteroatoms. The minimum absolute atomic E-state index is 0.941. The third-order valence-corrected chi connectivity index (χ3v) is 8.41. The van der Waals surface area contributed by atoms with Crippen LogP contribution in [0.3, 0.4) is 0 Å².